The number of hydrogen-bond acceptors (Lipinski definition) is 4. The minimum absolute atomic E-state index is 0.0592. The molecule has 2 heterocycles. The van der Waals surface area contributed by atoms with Crippen molar-refractivity contribution < 1.29 is 4.79 Å². The van der Waals surface area contributed by atoms with Gasteiger partial charge in [-0.3, -0.25) is 9.59 Å². The molecule has 0 radical (unpaired) electrons. The maximum Gasteiger partial charge on any atom is 0.275 e. The monoisotopic (exact) mass is 368 g/mol. The summed E-state index contributed by atoms with van der Waals surface area (Å²) in [6.45, 7) is 7.89. The minimum atomic E-state index is -0.406. The average molecular weight is 368 g/mol. The van der Waals surface area contributed by atoms with Crippen LogP contribution in [0.5, 0.6) is 0 Å². The van der Waals surface area contributed by atoms with Crippen LogP contribution >= 0.6 is 0 Å². The van der Waals surface area contributed by atoms with Crippen molar-refractivity contribution in [2.24, 2.45) is 5.92 Å². The van der Waals surface area contributed by atoms with E-state index in [0.29, 0.717) is 12.2 Å². The van der Waals surface area contributed by atoms with Crippen molar-refractivity contribution in [1.29, 1.82) is 0 Å². The van der Waals surface area contributed by atoms with Gasteiger partial charge in [0.25, 0.3) is 5.91 Å². The fourth-order valence-corrected chi connectivity index (χ4v) is 3.61. The molecule has 1 aromatic carbocycles. The van der Waals surface area contributed by atoms with Crippen LogP contribution in [-0.2, 0) is 0 Å². The summed E-state index contributed by atoms with van der Waals surface area (Å²) in [5.41, 5.74) is 1.11. The van der Waals surface area contributed by atoms with Gasteiger partial charge in [-0.15, -0.1) is 0 Å². The van der Waals surface area contributed by atoms with Crippen molar-refractivity contribution in [2.75, 3.05) is 26.2 Å². The summed E-state index contributed by atoms with van der Waals surface area (Å²) in [5, 5.41) is 7.15. The molecule has 27 heavy (non-hydrogen) atoms. The van der Waals surface area contributed by atoms with Crippen LogP contribution in [0.1, 0.15) is 42.4 Å². The maximum absolute atomic E-state index is 12.5. The predicted octanol–water partition coefficient (Wildman–Crippen LogP) is 2.39. The third-order valence-electron chi connectivity index (χ3n) is 5.00. The molecule has 3 rings (SSSR count). The lowest BCUT2D eigenvalue weighted by Gasteiger charge is -2.30. The second-order valence-corrected chi connectivity index (χ2v) is 7.40. The Kier molecular flexibility index (Phi) is 6.40. The number of para-hydroxylation sites is 1. The summed E-state index contributed by atoms with van der Waals surface area (Å²) in [7, 11) is 0. The number of nitrogens with one attached hydrogen (secondary N) is 1. The van der Waals surface area contributed by atoms with E-state index in [1.165, 1.54) is 18.9 Å². The van der Waals surface area contributed by atoms with E-state index in [0.717, 1.165) is 37.7 Å². The van der Waals surface area contributed by atoms with Crippen LogP contribution in [0.15, 0.2) is 41.2 Å². The number of carbonyl (C=O) groups excluding carboxylic acids is 1. The zero-order valence-corrected chi connectivity index (χ0v) is 16.1. The highest BCUT2D eigenvalue weighted by Gasteiger charge is 2.17. The van der Waals surface area contributed by atoms with Gasteiger partial charge in [-0.2, -0.15) is 5.10 Å². The number of carbonyl (C=O) groups is 1. The number of likely N-dealkylation sites (tertiary alicyclic amines) is 1. The maximum atomic E-state index is 12.5. The SMILES string of the molecule is Cc1cc(=O)c(C(=O)NCCCN2CCC[C@@H](C)C2)nn1-c1ccccc1. The molecule has 1 aliphatic rings. The van der Waals surface area contributed by atoms with E-state index in [1.54, 1.807) is 4.68 Å². The Morgan fingerprint density at radius 2 is 2.07 bits per heavy atom. The van der Waals surface area contributed by atoms with Gasteiger partial charge in [0.05, 0.1) is 5.69 Å². The van der Waals surface area contributed by atoms with Crippen LogP contribution in [0.25, 0.3) is 5.69 Å². The Labute approximate surface area is 160 Å². The molecule has 6 nitrogen and oxygen atoms in total. The number of hydrogen-bond donors (Lipinski definition) is 1. The molecule has 1 amide bonds. The van der Waals surface area contributed by atoms with E-state index < -0.39 is 5.91 Å². The van der Waals surface area contributed by atoms with E-state index in [9.17, 15) is 9.59 Å². The Morgan fingerprint density at radius 1 is 1.30 bits per heavy atom. The van der Waals surface area contributed by atoms with Crippen molar-refractivity contribution in [3.8, 4) is 5.69 Å². The number of aryl methyl sites for hydroxylation is 1. The van der Waals surface area contributed by atoms with Gasteiger partial charge in [-0.05, 0) is 57.3 Å². The second-order valence-electron chi connectivity index (χ2n) is 7.40. The summed E-state index contributed by atoms with van der Waals surface area (Å²) in [5.74, 6) is 0.346. The van der Waals surface area contributed by atoms with Crippen molar-refractivity contribution in [2.45, 2.75) is 33.1 Å². The molecule has 1 atom stereocenters. The molecule has 1 saturated heterocycles. The molecule has 0 aliphatic carbocycles. The Bertz CT molecular complexity index is 832. The van der Waals surface area contributed by atoms with Gasteiger partial charge in [0.1, 0.15) is 0 Å². The topological polar surface area (TPSA) is 67.2 Å². The van der Waals surface area contributed by atoms with Gasteiger partial charge in [-0.1, -0.05) is 25.1 Å². The lowest BCUT2D eigenvalue weighted by Crippen LogP contribution is -2.37. The van der Waals surface area contributed by atoms with E-state index in [2.05, 4.69) is 22.2 Å². The van der Waals surface area contributed by atoms with E-state index in [-0.39, 0.29) is 11.1 Å². The first kappa shape index (κ1) is 19.3. The molecule has 0 bridgehead atoms. The van der Waals surface area contributed by atoms with Crippen molar-refractivity contribution in [1.82, 2.24) is 20.0 Å². The molecule has 1 fully saturated rings. The predicted molar refractivity (Wildman–Crippen MR) is 106 cm³/mol. The standard InChI is InChI=1S/C21H28N4O2/c1-16-8-6-12-24(15-16)13-7-11-22-21(27)20-19(26)14-17(2)25(23-20)18-9-4-3-5-10-18/h3-5,9-10,14,16H,6-8,11-13,15H2,1-2H3,(H,22,27)/t16-/m1/s1. The molecular formula is C21H28N4O2. The van der Waals surface area contributed by atoms with E-state index in [1.807, 2.05) is 37.3 Å². The molecule has 1 aromatic heterocycles. The molecule has 2 aromatic rings. The summed E-state index contributed by atoms with van der Waals surface area (Å²) < 4.78 is 1.63. The highest BCUT2D eigenvalue weighted by Crippen LogP contribution is 2.15. The molecule has 0 saturated carbocycles. The highest BCUT2D eigenvalue weighted by molar-refractivity contribution is 5.92. The lowest BCUT2D eigenvalue weighted by molar-refractivity contribution is 0.0942. The summed E-state index contributed by atoms with van der Waals surface area (Å²) in [4.78, 5) is 27.2. The molecular weight excluding hydrogens is 340 g/mol. The van der Waals surface area contributed by atoms with Crippen molar-refractivity contribution >= 4 is 5.91 Å². The number of nitrogens with zero attached hydrogens (tertiary/aromatic N) is 3. The van der Waals surface area contributed by atoms with Crippen LogP contribution < -0.4 is 10.7 Å². The smallest absolute Gasteiger partial charge is 0.275 e. The zero-order chi connectivity index (χ0) is 19.2. The van der Waals surface area contributed by atoms with Gasteiger partial charge in [0, 0.05) is 24.8 Å². The zero-order valence-electron chi connectivity index (χ0n) is 16.1. The highest BCUT2D eigenvalue weighted by atomic mass is 16.2. The van der Waals surface area contributed by atoms with Crippen molar-refractivity contribution in [3.05, 3.63) is 58.0 Å². The van der Waals surface area contributed by atoms with Crippen molar-refractivity contribution in [3.63, 3.8) is 0 Å². The average Bonchev–Trinajstić information content (AvgIpc) is 2.66. The second kappa shape index (κ2) is 8.95. The molecule has 1 aliphatic heterocycles. The van der Waals surface area contributed by atoms with Gasteiger partial charge < -0.3 is 10.2 Å². The fraction of sp³-hybridized carbons (Fsp3) is 0.476. The number of rotatable bonds is 6. The Morgan fingerprint density at radius 3 is 2.81 bits per heavy atom. The third-order valence-corrected chi connectivity index (χ3v) is 5.00. The first-order valence-corrected chi connectivity index (χ1v) is 9.71. The molecule has 6 heteroatoms. The number of amides is 1. The molecule has 1 N–H and O–H groups in total. The van der Waals surface area contributed by atoms with Crippen LogP contribution in [0, 0.1) is 12.8 Å². The Hall–Kier alpha value is -2.47. The number of piperidine rings is 1. The number of benzene rings is 1. The molecule has 0 unspecified atom stereocenters. The minimum Gasteiger partial charge on any atom is -0.350 e. The first-order valence-electron chi connectivity index (χ1n) is 9.71. The normalized spacial score (nSPS) is 17.6. The van der Waals surface area contributed by atoms with Crippen LogP contribution in [0.2, 0.25) is 0 Å². The van der Waals surface area contributed by atoms with Gasteiger partial charge in [-0.25, -0.2) is 4.68 Å². The van der Waals surface area contributed by atoms with Gasteiger partial charge >= 0.3 is 0 Å². The Balaban J connectivity index is 1.60. The third kappa shape index (κ3) is 5.04. The number of aromatic nitrogens is 2. The van der Waals surface area contributed by atoms with Gasteiger partial charge in [0.15, 0.2) is 5.69 Å². The quantitative estimate of drug-likeness (QED) is 0.795. The van der Waals surface area contributed by atoms with Gasteiger partial charge in [0.2, 0.25) is 5.43 Å². The van der Waals surface area contributed by atoms with Crippen LogP contribution in [-0.4, -0.2) is 46.8 Å². The molecule has 0 spiro atoms. The summed E-state index contributed by atoms with van der Waals surface area (Å²) >= 11 is 0. The van der Waals surface area contributed by atoms with Crippen LogP contribution in [0.4, 0.5) is 0 Å². The fourth-order valence-electron chi connectivity index (χ4n) is 3.61. The van der Waals surface area contributed by atoms with E-state index >= 15 is 0 Å². The first-order chi connectivity index (χ1) is 13.0. The molecule has 144 valence electrons. The summed E-state index contributed by atoms with van der Waals surface area (Å²) in [6, 6.07) is 11.0. The van der Waals surface area contributed by atoms with Crippen LogP contribution in [0.3, 0.4) is 0 Å². The van der Waals surface area contributed by atoms with E-state index in [4.69, 9.17) is 0 Å². The largest absolute Gasteiger partial charge is 0.350 e. The summed E-state index contributed by atoms with van der Waals surface area (Å²) in [6.07, 6.45) is 3.43. The lowest BCUT2D eigenvalue weighted by atomic mass is 10.0.